The summed E-state index contributed by atoms with van der Waals surface area (Å²) in [7, 11) is 0. The van der Waals surface area contributed by atoms with Gasteiger partial charge < -0.3 is 5.21 Å². The highest BCUT2D eigenvalue weighted by atomic mass is 32.1. The second-order valence-electron chi connectivity index (χ2n) is 2.83. The molecule has 2 aromatic rings. The molecule has 5 heteroatoms. The maximum atomic E-state index is 12.7. The summed E-state index contributed by atoms with van der Waals surface area (Å²) in [6.07, 6.45) is 1.25. The smallest absolute Gasteiger partial charge is 0.124 e. The van der Waals surface area contributed by atoms with Crippen LogP contribution in [0.25, 0.3) is 10.6 Å². The molecular formula is C10H7FN2OS. The van der Waals surface area contributed by atoms with Crippen molar-refractivity contribution < 1.29 is 9.60 Å². The molecule has 0 saturated heterocycles. The average Bonchev–Trinajstić information content (AvgIpc) is 2.68. The Morgan fingerprint density at radius 1 is 1.33 bits per heavy atom. The predicted octanol–water partition coefficient (Wildman–Crippen LogP) is 2.76. The number of benzene rings is 1. The molecule has 1 heterocycles. The fraction of sp³-hybridized carbons (Fsp3) is 0. The number of thiazole rings is 1. The largest absolute Gasteiger partial charge is 0.411 e. The van der Waals surface area contributed by atoms with Gasteiger partial charge in [-0.2, -0.15) is 0 Å². The number of oxime groups is 1. The van der Waals surface area contributed by atoms with Crippen molar-refractivity contribution in [2.45, 2.75) is 0 Å². The zero-order chi connectivity index (χ0) is 10.7. The maximum absolute atomic E-state index is 12.7. The van der Waals surface area contributed by atoms with E-state index >= 15 is 0 Å². The monoisotopic (exact) mass is 222 g/mol. The SMILES string of the molecule is O/N=C/c1csc(-c2ccc(F)cc2)n1. The number of nitrogens with zero attached hydrogens (tertiary/aromatic N) is 2. The third-order valence-corrected chi connectivity index (χ3v) is 2.71. The van der Waals surface area contributed by atoms with Crippen LogP contribution in [0.5, 0.6) is 0 Å². The van der Waals surface area contributed by atoms with Gasteiger partial charge in [0.15, 0.2) is 0 Å². The second kappa shape index (κ2) is 4.18. The Morgan fingerprint density at radius 2 is 2.07 bits per heavy atom. The van der Waals surface area contributed by atoms with Crippen LogP contribution < -0.4 is 0 Å². The normalized spacial score (nSPS) is 11.0. The Balaban J connectivity index is 2.33. The minimum atomic E-state index is -0.271. The van der Waals surface area contributed by atoms with Crippen molar-refractivity contribution in [3.05, 3.63) is 41.2 Å². The molecule has 0 spiro atoms. The van der Waals surface area contributed by atoms with E-state index in [2.05, 4.69) is 10.1 Å². The lowest BCUT2D eigenvalue weighted by molar-refractivity contribution is 0.321. The van der Waals surface area contributed by atoms with Crippen LogP contribution in [0.4, 0.5) is 4.39 Å². The van der Waals surface area contributed by atoms with E-state index in [0.29, 0.717) is 5.69 Å². The summed E-state index contributed by atoms with van der Waals surface area (Å²) < 4.78 is 12.7. The highest BCUT2D eigenvalue weighted by molar-refractivity contribution is 7.13. The second-order valence-corrected chi connectivity index (χ2v) is 3.69. The molecule has 0 aliphatic heterocycles. The minimum Gasteiger partial charge on any atom is -0.411 e. The van der Waals surface area contributed by atoms with E-state index in [1.54, 1.807) is 17.5 Å². The van der Waals surface area contributed by atoms with Crippen molar-refractivity contribution in [1.82, 2.24) is 4.98 Å². The number of hydrogen-bond donors (Lipinski definition) is 1. The van der Waals surface area contributed by atoms with E-state index < -0.39 is 0 Å². The highest BCUT2D eigenvalue weighted by Gasteiger charge is 2.03. The van der Waals surface area contributed by atoms with Gasteiger partial charge in [0.05, 0.1) is 11.9 Å². The Bertz CT molecular complexity index is 478. The van der Waals surface area contributed by atoms with Gasteiger partial charge >= 0.3 is 0 Å². The Hall–Kier alpha value is -1.75. The van der Waals surface area contributed by atoms with Crippen LogP contribution in [0.1, 0.15) is 5.69 Å². The fourth-order valence-corrected chi connectivity index (χ4v) is 1.91. The number of hydrogen-bond acceptors (Lipinski definition) is 4. The Labute approximate surface area is 89.5 Å². The van der Waals surface area contributed by atoms with E-state index in [1.165, 1.54) is 29.7 Å². The van der Waals surface area contributed by atoms with Crippen molar-refractivity contribution >= 4 is 17.6 Å². The first-order chi connectivity index (χ1) is 7.29. The van der Waals surface area contributed by atoms with Crippen LogP contribution in [0.2, 0.25) is 0 Å². The summed E-state index contributed by atoms with van der Waals surface area (Å²) in [6.45, 7) is 0. The van der Waals surface area contributed by atoms with Crippen LogP contribution in [0.3, 0.4) is 0 Å². The third-order valence-electron chi connectivity index (χ3n) is 1.80. The van der Waals surface area contributed by atoms with Gasteiger partial charge in [0.2, 0.25) is 0 Å². The van der Waals surface area contributed by atoms with Gasteiger partial charge in [0, 0.05) is 10.9 Å². The van der Waals surface area contributed by atoms with Gasteiger partial charge in [-0.05, 0) is 24.3 Å². The van der Waals surface area contributed by atoms with Gasteiger partial charge in [-0.3, -0.25) is 0 Å². The molecule has 0 fully saturated rings. The van der Waals surface area contributed by atoms with E-state index in [-0.39, 0.29) is 5.82 Å². The van der Waals surface area contributed by atoms with Crippen molar-refractivity contribution in [3.8, 4) is 10.6 Å². The first kappa shape index (κ1) is 9.79. The molecule has 0 aliphatic rings. The Morgan fingerprint density at radius 3 is 2.73 bits per heavy atom. The van der Waals surface area contributed by atoms with Crippen LogP contribution in [-0.4, -0.2) is 16.4 Å². The van der Waals surface area contributed by atoms with Gasteiger partial charge in [-0.1, -0.05) is 5.16 Å². The molecular weight excluding hydrogens is 215 g/mol. The lowest BCUT2D eigenvalue weighted by Gasteiger charge is -1.94. The molecule has 0 amide bonds. The lowest BCUT2D eigenvalue weighted by atomic mass is 10.2. The van der Waals surface area contributed by atoms with Crippen LogP contribution in [-0.2, 0) is 0 Å². The molecule has 1 aromatic heterocycles. The standard InChI is InChI=1S/C10H7FN2OS/c11-8-3-1-7(2-4-8)10-13-9(5-12-14)6-15-10/h1-6,14H/b12-5+. The molecule has 0 bridgehead atoms. The van der Waals surface area contributed by atoms with E-state index in [4.69, 9.17) is 5.21 Å². The van der Waals surface area contributed by atoms with E-state index in [9.17, 15) is 4.39 Å². The van der Waals surface area contributed by atoms with Gasteiger partial charge in [-0.15, -0.1) is 11.3 Å². The summed E-state index contributed by atoms with van der Waals surface area (Å²) in [5.74, 6) is -0.271. The molecule has 0 unspecified atom stereocenters. The first-order valence-corrected chi connectivity index (χ1v) is 5.06. The van der Waals surface area contributed by atoms with Crippen molar-refractivity contribution in [2.24, 2.45) is 5.16 Å². The molecule has 1 N–H and O–H groups in total. The van der Waals surface area contributed by atoms with Gasteiger partial charge in [0.25, 0.3) is 0 Å². The van der Waals surface area contributed by atoms with Gasteiger partial charge in [-0.25, -0.2) is 9.37 Å². The summed E-state index contributed by atoms with van der Waals surface area (Å²) in [6, 6.07) is 6.09. The number of aromatic nitrogens is 1. The van der Waals surface area contributed by atoms with Crippen LogP contribution in [0, 0.1) is 5.82 Å². The van der Waals surface area contributed by atoms with E-state index in [0.717, 1.165) is 10.6 Å². The lowest BCUT2D eigenvalue weighted by Crippen LogP contribution is -1.82. The van der Waals surface area contributed by atoms with Gasteiger partial charge in [0.1, 0.15) is 10.8 Å². The summed E-state index contributed by atoms with van der Waals surface area (Å²) in [4.78, 5) is 4.19. The zero-order valence-electron chi connectivity index (χ0n) is 7.59. The molecule has 1 aromatic carbocycles. The quantitative estimate of drug-likeness (QED) is 0.482. The van der Waals surface area contributed by atoms with Crippen molar-refractivity contribution in [1.29, 1.82) is 0 Å². The topological polar surface area (TPSA) is 45.5 Å². The van der Waals surface area contributed by atoms with Crippen LogP contribution >= 0.6 is 11.3 Å². The predicted molar refractivity (Wildman–Crippen MR) is 56.9 cm³/mol. The fourth-order valence-electron chi connectivity index (χ4n) is 1.13. The molecule has 2 rings (SSSR count). The molecule has 15 heavy (non-hydrogen) atoms. The number of rotatable bonds is 2. The molecule has 0 atom stereocenters. The first-order valence-electron chi connectivity index (χ1n) is 4.18. The molecule has 0 saturated carbocycles. The molecule has 76 valence electrons. The summed E-state index contributed by atoms with van der Waals surface area (Å²) in [5.41, 5.74) is 1.43. The van der Waals surface area contributed by atoms with Crippen molar-refractivity contribution in [2.75, 3.05) is 0 Å². The average molecular weight is 222 g/mol. The molecule has 3 nitrogen and oxygen atoms in total. The maximum Gasteiger partial charge on any atom is 0.124 e. The van der Waals surface area contributed by atoms with E-state index in [1.807, 2.05) is 0 Å². The Kier molecular flexibility index (Phi) is 2.73. The minimum absolute atomic E-state index is 0.271. The summed E-state index contributed by atoms with van der Waals surface area (Å²) in [5, 5.41) is 13.7. The molecule has 0 aliphatic carbocycles. The molecule has 0 radical (unpaired) electrons. The highest BCUT2D eigenvalue weighted by Crippen LogP contribution is 2.23. The zero-order valence-corrected chi connectivity index (χ0v) is 8.41. The van der Waals surface area contributed by atoms with Crippen LogP contribution in [0.15, 0.2) is 34.8 Å². The number of halogens is 1. The summed E-state index contributed by atoms with van der Waals surface area (Å²) >= 11 is 1.41. The third kappa shape index (κ3) is 2.19. The van der Waals surface area contributed by atoms with Crippen molar-refractivity contribution in [3.63, 3.8) is 0 Å².